The monoisotopic (exact) mass is 361 g/mol. The van der Waals surface area contributed by atoms with Crippen LogP contribution >= 0.6 is 11.8 Å². The Morgan fingerprint density at radius 2 is 1.86 bits per heavy atom. The summed E-state index contributed by atoms with van der Waals surface area (Å²) in [7, 11) is -4.78. The van der Waals surface area contributed by atoms with Gasteiger partial charge in [-0.25, -0.2) is 4.28 Å². The smallest absolute Gasteiger partial charge is 0.394 e. The van der Waals surface area contributed by atoms with E-state index in [9.17, 15) is 23.7 Å². The predicted molar refractivity (Wildman–Crippen MR) is 76.3 cm³/mol. The molecule has 5 atom stereocenters. The Morgan fingerprint density at radius 3 is 2.32 bits per heavy atom. The Kier molecular flexibility index (Phi) is 7.01. The van der Waals surface area contributed by atoms with Gasteiger partial charge in [-0.15, -0.1) is 0 Å². The lowest BCUT2D eigenvalue weighted by molar-refractivity contribution is -0.205. The molecule has 22 heavy (non-hydrogen) atoms. The molecule has 0 amide bonds. The van der Waals surface area contributed by atoms with E-state index in [-0.39, 0.29) is 11.0 Å². The molecule has 10 nitrogen and oxygen atoms in total. The minimum atomic E-state index is -4.78. The quantitative estimate of drug-likeness (QED) is 0.165. The lowest BCUT2D eigenvalue weighted by Crippen LogP contribution is -2.57. The molecule has 0 aromatic heterocycles. The van der Waals surface area contributed by atoms with Crippen LogP contribution in [0.15, 0.2) is 5.16 Å². The number of oxime groups is 1. The average Bonchev–Trinajstić information content (AvgIpc) is 2.41. The van der Waals surface area contributed by atoms with Gasteiger partial charge in [0.1, 0.15) is 34.9 Å². The highest BCUT2D eigenvalue weighted by Crippen LogP contribution is 2.31. The Hall–Kier alpha value is -0.470. The largest absolute Gasteiger partial charge is 0.466 e. The molecule has 12 heteroatoms. The zero-order chi connectivity index (χ0) is 17.1. The molecule has 130 valence electrons. The molecule has 0 bridgehead atoms. The standard InChI is InChI=1S/C10H19NO9S2/c1-4(2)9(11-20-22(16,17)18)21-10-8(15)7(14)6(13)5(3-12)19-10/h4-8,10,12-15H,3H2,1-2H3,(H,16,17,18)/b11-9+/t5-,6-,7+,8-,10+/m1/s1. The lowest BCUT2D eigenvalue weighted by Gasteiger charge is -2.39. The number of hydrogen-bond acceptors (Lipinski definition) is 10. The SMILES string of the molecule is CC(C)/C(=N\OS(=O)(=O)O)S[C@@H]1O[C@H](CO)[C@@H](O)[C@H](O)[C@H]1O. The molecule has 0 aliphatic carbocycles. The molecule has 1 saturated heterocycles. The summed E-state index contributed by atoms with van der Waals surface area (Å²) in [5.41, 5.74) is -1.12. The van der Waals surface area contributed by atoms with Gasteiger partial charge in [0.25, 0.3) is 0 Å². The molecule has 0 aromatic carbocycles. The zero-order valence-electron chi connectivity index (χ0n) is 11.8. The highest BCUT2D eigenvalue weighted by Gasteiger charge is 2.44. The van der Waals surface area contributed by atoms with Gasteiger partial charge in [-0.05, 0) is 0 Å². The van der Waals surface area contributed by atoms with Crippen molar-refractivity contribution >= 4 is 27.2 Å². The Bertz CT molecular complexity index is 493. The van der Waals surface area contributed by atoms with Crippen molar-refractivity contribution in [3.63, 3.8) is 0 Å². The van der Waals surface area contributed by atoms with Crippen LogP contribution in [0.2, 0.25) is 0 Å². The van der Waals surface area contributed by atoms with Gasteiger partial charge in [0.05, 0.1) is 6.61 Å². The zero-order valence-corrected chi connectivity index (χ0v) is 13.4. The van der Waals surface area contributed by atoms with Crippen molar-refractivity contribution in [2.45, 2.75) is 43.7 Å². The van der Waals surface area contributed by atoms with Gasteiger partial charge in [-0.2, -0.15) is 8.42 Å². The fraction of sp³-hybridized carbons (Fsp3) is 0.900. The van der Waals surface area contributed by atoms with E-state index in [0.717, 1.165) is 11.8 Å². The third-order valence-electron chi connectivity index (χ3n) is 2.80. The van der Waals surface area contributed by atoms with E-state index in [1.54, 1.807) is 13.8 Å². The number of thioether (sulfide) groups is 1. The number of rotatable bonds is 5. The topological polar surface area (TPSA) is 166 Å². The van der Waals surface area contributed by atoms with Gasteiger partial charge < -0.3 is 25.2 Å². The van der Waals surface area contributed by atoms with Gasteiger partial charge in [0.15, 0.2) is 0 Å². The Morgan fingerprint density at radius 1 is 1.27 bits per heavy atom. The van der Waals surface area contributed by atoms with Crippen molar-refractivity contribution < 1.29 is 42.4 Å². The first kappa shape index (κ1) is 19.6. The predicted octanol–water partition coefficient (Wildman–Crippen LogP) is -1.69. The van der Waals surface area contributed by atoms with Gasteiger partial charge in [-0.1, -0.05) is 30.8 Å². The van der Waals surface area contributed by atoms with E-state index in [4.69, 9.17) is 14.4 Å². The normalized spacial score (nSPS) is 34.0. The van der Waals surface area contributed by atoms with Crippen LogP contribution in [0, 0.1) is 5.92 Å². The van der Waals surface area contributed by atoms with Crippen molar-refractivity contribution in [2.24, 2.45) is 11.1 Å². The lowest BCUT2D eigenvalue weighted by atomic mass is 10.0. The fourth-order valence-corrected chi connectivity index (χ4v) is 2.94. The summed E-state index contributed by atoms with van der Waals surface area (Å²) >= 11 is 0.742. The van der Waals surface area contributed by atoms with Gasteiger partial charge in [-0.3, -0.25) is 4.55 Å². The molecule has 1 fully saturated rings. The molecule has 0 unspecified atom stereocenters. The molecular weight excluding hydrogens is 342 g/mol. The molecule has 1 rings (SSSR count). The number of aliphatic hydroxyl groups is 4. The van der Waals surface area contributed by atoms with E-state index in [1.165, 1.54) is 0 Å². The molecule has 1 aliphatic heterocycles. The summed E-state index contributed by atoms with van der Waals surface area (Å²) in [5, 5.41) is 41.6. The summed E-state index contributed by atoms with van der Waals surface area (Å²) in [4.78, 5) is 0. The Balaban J connectivity index is 2.88. The first-order valence-electron chi connectivity index (χ1n) is 6.28. The fourth-order valence-electron chi connectivity index (χ4n) is 1.63. The molecule has 0 saturated carbocycles. The third-order valence-corrected chi connectivity index (χ3v) is 4.47. The molecule has 1 aliphatic rings. The van der Waals surface area contributed by atoms with Crippen LogP contribution < -0.4 is 0 Å². The summed E-state index contributed by atoms with van der Waals surface area (Å²) in [5.74, 6) is -0.348. The second-order valence-corrected chi connectivity index (χ2v) is 7.02. The average molecular weight is 361 g/mol. The number of ether oxygens (including phenoxy) is 1. The minimum absolute atomic E-state index is 0.0574. The van der Waals surface area contributed by atoms with E-state index >= 15 is 0 Å². The maximum atomic E-state index is 10.5. The molecule has 0 radical (unpaired) electrons. The number of nitrogens with zero attached hydrogens (tertiary/aromatic N) is 1. The third kappa shape index (κ3) is 5.31. The van der Waals surface area contributed by atoms with E-state index in [1.807, 2.05) is 0 Å². The number of aliphatic hydroxyl groups excluding tert-OH is 4. The molecule has 5 N–H and O–H groups in total. The Labute approximate surface area is 131 Å². The van der Waals surface area contributed by atoms with E-state index < -0.39 is 46.9 Å². The minimum Gasteiger partial charge on any atom is -0.394 e. The molecule has 1 heterocycles. The van der Waals surface area contributed by atoms with Crippen molar-refractivity contribution in [1.82, 2.24) is 0 Å². The van der Waals surface area contributed by atoms with Crippen LogP contribution in [0.3, 0.4) is 0 Å². The first-order valence-corrected chi connectivity index (χ1v) is 8.52. The molecule has 0 aromatic rings. The van der Waals surface area contributed by atoms with Crippen molar-refractivity contribution in [3.05, 3.63) is 0 Å². The van der Waals surface area contributed by atoms with Crippen LogP contribution in [0.4, 0.5) is 0 Å². The van der Waals surface area contributed by atoms with Crippen LogP contribution in [0.1, 0.15) is 13.8 Å². The first-order chi connectivity index (χ1) is 10.1. The highest BCUT2D eigenvalue weighted by molar-refractivity contribution is 8.14. The van der Waals surface area contributed by atoms with Gasteiger partial charge in [0, 0.05) is 5.92 Å². The maximum absolute atomic E-state index is 10.5. The highest BCUT2D eigenvalue weighted by atomic mass is 32.3. The van der Waals surface area contributed by atoms with Crippen LogP contribution in [-0.4, -0.2) is 74.9 Å². The summed E-state index contributed by atoms with van der Waals surface area (Å²) in [6.45, 7) is 2.70. The summed E-state index contributed by atoms with van der Waals surface area (Å²) in [6.07, 6.45) is -5.64. The van der Waals surface area contributed by atoms with Gasteiger partial charge >= 0.3 is 10.4 Å². The van der Waals surface area contributed by atoms with Crippen molar-refractivity contribution in [1.29, 1.82) is 0 Å². The summed E-state index contributed by atoms with van der Waals surface area (Å²) < 4.78 is 38.8. The second kappa shape index (κ2) is 7.88. The van der Waals surface area contributed by atoms with E-state index in [2.05, 4.69) is 9.44 Å². The maximum Gasteiger partial charge on any atom is 0.466 e. The van der Waals surface area contributed by atoms with Crippen molar-refractivity contribution in [2.75, 3.05) is 6.61 Å². The van der Waals surface area contributed by atoms with Crippen LogP contribution in [0.5, 0.6) is 0 Å². The van der Waals surface area contributed by atoms with Crippen molar-refractivity contribution in [3.8, 4) is 0 Å². The van der Waals surface area contributed by atoms with E-state index in [0.29, 0.717) is 0 Å². The number of hydrogen-bond donors (Lipinski definition) is 5. The second-order valence-electron chi connectivity index (χ2n) is 4.90. The van der Waals surface area contributed by atoms with Gasteiger partial charge in [0.2, 0.25) is 0 Å². The summed E-state index contributed by atoms with van der Waals surface area (Å²) in [6, 6.07) is 0. The van der Waals surface area contributed by atoms with Crippen LogP contribution in [0.25, 0.3) is 0 Å². The molecule has 0 spiro atoms. The molecular formula is C10H19NO9S2. The van der Waals surface area contributed by atoms with Crippen LogP contribution in [-0.2, 0) is 19.4 Å².